The minimum atomic E-state index is -1.73. The number of aromatic amines is 1. The number of para-hydroxylation sites is 1. The number of amides is 11. The quantitative estimate of drug-likeness (QED) is 0.00857. The lowest BCUT2D eigenvalue weighted by Crippen LogP contribution is -2.60. The number of carboxylic acid groups (broad SMARTS) is 3. The van der Waals surface area contributed by atoms with Crippen LogP contribution in [0.5, 0.6) is 17.2 Å². The Balaban J connectivity index is 0.929. The molecule has 6 aromatic rings. The normalized spacial score (nSPS) is 13.5. The monoisotopic (exact) mass is 1770 g/mol. The SMILES string of the molecule is CC(C)C[C@H](NC(=O)[C@H](Cc1ccc(O)cc1)NC(=O)[C@H](CCCNC(=N)N)NC(=O)[C@H](CCC(N)=O)NC(=O)[C@H](Cc1ccc(O)cc1)NC(=O)[C@H](C)NC(=O)[C@H](C)NC(=O)[C@H](CCC(=O)O)NC(=O)[C@H](CC(C)C)NC(=O)[C@H](Cc1c[nH]c2ccccc12)NC(=O)CCNC(=S)Nc1ccc(-c2c3ccc(=O)cc-3oc3cc(O)ccc23)c(C(=O)O)c1)C(=O)O. The van der Waals surface area contributed by atoms with E-state index in [2.05, 4.69) is 74.1 Å². The van der Waals surface area contributed by atoms with E-state index in [0.717, 1.165) is 0 Å². The van der Waals surface area contributed by atoms with Crippen molar-refractivity contribution < 1.29 is 102 Å². The van der Waals surface area contributed by atoms with Gasteiger partial charge in [-0.05, 0) is 165 Å². The molecule has 0 bridgehead atoms. The van der Waals surface area contributed by atoms with Crippen molar-refractivity contribution in [2.45, 2.75) is 179 Å². The molecule has 8 rings (SSSR count). The maximum absolute atomic E-state index is 14.7. The number of hydrogen-bond donors (Lipinski definition) is 23. The lowest BCUT2D eigenvalue weighted by Gasteiger charge is -2.28. The summed E-state index contributed by atoms with van der Waals surface area (Å²) < 4.78 is 5.94. The molecule has 0 radical (unpaired) electrons. The van der Waals surface area contributed by atoms with Crippen LogP contribution in [0.1, 0.15) is 126 Å². The number of carboxylic acids is 3. The van der Waals surface area contributed by atoms with Gasteiger partial charge in [0, 0.05) is 103 Å². The largest absolute Gasteiger partial charge is 0.508 e. The molecular weight excluding hydrogens is 1670 g/mol. The number of guanidine groups is 1. The number of primary amides is 1. The summed E-state index contributed by atoms with van der Waals surface area (Å²) in [5, 5.41) is 103. The van der Waals surface area contributed by atoms with Gasteiger partial charge in [-0.2, -0.15) is 0 Å². The van der Waals surface area contributed by atoms with Gasteiger partial charge in [0.2, 0.25) is 65.0 Å². The highest BCUT2D eigenvalue weighted by Gasteiger charge is 2.37. The molecule has 0 fully saturated rings. The van der Waals surface area contributed by atoms with E-state index in [9.17, 15) is 103 Å². The lowest BCUT2D eigenvalue weighted by molar-refractivity contribution is -0.143. The highest BCUT2D eigenvalue weighted by molar-refractivity contribution is 7.80. The Labute approximate surface area is 733 Å². The van der Waals surface area contributed by atoms with Gasteiger partial charge in [-0.1, -0.05) is 76.2 Å². The van der Waals surface area contributed by atoms with Gasteiger partial charge >= 0.3 is 17.9 Å². The maximum atomic E-state index is 14.7. The van der Waals surface area contributed by atoms with Crippen molar-refractivity contribution in [3.63, 3.8) is 0 Å². The van der Waals surface area contributed by atoms with E-state index in [-0.39, 0.29) is 132 Å². The van der Waals surface area contributed by atoms with Gasteiger partial charge in [-0.25, -0.2) is 9.59 Å². The number of thiocarbonyl (C=S) groups is 1. The lowest BCUT2D eigenvalue weighted by atomic mass is 9.90. The third kappa shape index (κ3) is 29.8. The highest BCUT2D eigenvalue weighted by atomic mass is 32.1. The number of nitrogens with two attached hydrogens (primary N) is 2. The van der Waals surface area contributed by atoms with Crippen LogP contribution in [0.15, 0.2) is 143 Å². The van der Waals surface area contributed by atoms with E-state index in [4.69, 9.17) is 33.5 Å². The number of fused-ring (bicyclic) bond motifs is 3. The molecule has 2 aliphatic rings. The second-order valence-corrected chi connectivity index (χ2v) is 31.8. The Hall–Kier alpha value is -14.7. The summed E-state index contributed by atoms with van der Waals surface area (Å²) in [7, 11) is 0. The maximum Gasteiger partial charge on any atom is 0.336 e. The number of H-pyrrole nitrogens is 1. The molecule has 1 aromatic heterocycles. The first kappa shape index (κ1) is 97.7. The number of aromatic carboxylic acids is 1. The summed E-state index contributed by atoms with van der Waals surface area (Å²) in [5.41, 5.74) is 14.0. The number of aromatic nitrogens is 1. The van der Waals surface area contributed by atoms with E-state index >= 15 is 0 Å². The number of carbonyl (C=O) groups excluding carboxylic acids is 11. The summed E-state index contributed by atoms with van der Waals surface area (Å²) in [6.45, 7) is 9.18. The van der Waals surface area contributed by atoms with Crippen LogP contribution in [0.3, 0.4) is 0 Å². The predicted molar refractivity (Wildman–Crippen MR) is 469 cm³/mol. The first-order valence-corrected chi connectivity index (χ1v) is 41.2. The third-order valence-electron chi connectivity index (χ3n) is 20.2. The first-order chi connectivity index (χ1) is 60.2. The number of phenolic OH excluding ortho intramolecular Hbond substituents is 3. The molecule has 5 aromatic carbocycles. The minimum Gasteiger partial charge on any atom is -0.508 e. The number of aromatic hydroxyl groups is 3. The molecule has 0 saturated carbocycles. The van der Waals surface area contributed by atoms with E-state index in [1.807, 2.05) is 0 Å². The molecule has 25 N–H and O–H groups in total. The van der Waals surface area contributed by atoms with Crippen molar-refractivity contribution in [1.82, 2.24) is 68.8 Å². The van der Waals surface area contributed by atoms with Gasteiger partial charge in [0.05, 0.1) is 5.56 Å². The summed E-state index contributed by atoms with van der Waals surface area (Å²) >= 11 is 5.56. The summed E-state index contributed by atoms with van der Waals surface area (Å²) in [6.07, 6.45) is -2.01. The van der Waals surface area contributed by atoms with Crippen LogP contribution < -0.4 is 86.0 Å². The zero-order chi connectivity index (χ0) is 93.0. The smallest absolute Gasteiger partial charge is 0.336 e. The summed E-state index contributed by atoms with van der Waals surface area (Å²) in [4.78, 5) is 209. The van der Waals surface area contributed by atoms with E-state index < -0.39 is 175 Å². The second-order valence-electron chi connectivity index (χ2n) is 31.3. The molecule has 1 aliphatic carbocycles. The predicted octanol–water partition coefficient (Wildman–Crippen LogP) is 2.72. The van der Waals surface area contributed by atoms with Crippen LogP contribution in [-0.4, -0.2) is 203 Å². The van der Waals surface area contributed by atoms with E-state index in [1.54, 1.807) is 70.3 Å². The van der Waals surface area contributed by atoms with Gasteiger partial charge in [0.15, 0.2) is 16.5 Å². The molecule has 2 heterocycles. The fourth-order valence-electron chi connectivity index (χ4n) is 13.8. The van der Waals surface area contributed by atoms with Gasteiger partial charge in [0.25, 0.3) is 0 Å². The molecule has 0 unspecified atom stereocenters. The number of phenols is 3. The van der Waals surface area contributed by atoms with Crippen LogP contribution in [0.25, 0.3) is 44.3 Å². The zero-order valence-electron chi connectivity index (χ0n) is 70.3. The van der Waals surface area contributed by atoms with Crippen LogP contribution in [-0.2, 0) is 81.6 Å². The molecule has 0 saturated heterocycles. The standard InChI is InChI=1S/C87H105N17O22S/c1-43(2)34-64(102-83(121)67(38-49-42-93-60-11-8-7-10-55(49)60)97-72(110)31-33-92-87(127)96-50-17-24-56(59(39-50)84(122)123)74-57-25-22-53(107)40-69(57)126-70-41-54(108)23-26-58(70)74)80(118)100-63(28-30-73(111)112)77(115)95-45(5)75(113)94-46(6)76(114)101-65(36-47-13-18-51(105)19-14-47)81(119)99-62(27-29-71(88)109)79(117)98-61(12-9-32-91-86(89)90)78(116)103-66(37-48-15-20-52(106)21-16-48)82(120)104-68(85(124)125)35-44(3)4/h7-8,10-11,13-26,39-46,61-68,93,105-107H,9,12,27-38H2,1-6H3,(H2,88,109)(H,94,113)(H,95,115)(H,97,110)(H,98,117)(H,99,119)(H,100,118)(H,101,114)(H,102,121)(H,103,116)(H,104,120)(H,111,112)(H,122,123)(H,124,125)(H4,89,90,91)(H2,92,96,127)/t45-,46-,61-,62-,63-,64-,65-,66-,67-,68-/m0/s1. The van der Waals surface area contributed by atoms with Crippen LogP contribution >= 0.6 is 12.2 Å². The fourth-order valence-corrected chi connectivity index (χ4v) is 14.0. The Morgan fingerprint density at radius 1 is 0.472 bits per heavy atom. The Bertz CT molecular complexity index is 5410. The number of hydrogen-bond acceptors (Lipinski definition) is 21. The molecule has 39 nitrogen and oxygen atoms in total. The number of carbonyl (C=O) groups is 14. The molecule has 10 atom stereocenters. The topological polar surface area (TPSA) is 639 Å². The van der Waals surface area contributed by atoms with Gasteiger partial charge in [0.1, 0.15) is 89.0 Å². The molecule has 40 heteroatoms. The van der Waals surface area contributed by atoms with Crippen molar-refractivity contribution >= 4 is 134 Å². The number of aliphatic carboxylic acids is 2. The minimum absolute atomic E-state index is 0.00435. The van der Waals surface area contributed by atoms with Crippen molar-refractivity contribution in [1.29, 1.82) is 5.41 Å². The second kappa shape index (κ2) is 46.1. The highest BCUT2D eigenvalue weighted by Crippen LogP contribution is 2.43. The fraction of sp³-hybridized carbons (Fsp3) is 0.368. The Morgan fingerprint density at radius 3 is 1.53 bits per heavy atom. The van der Waals surface area contributed by atoms with Crippen molar-refractivity contribution in [2.24, 2.45) is 23.3 Å². The number of benzene rings is 6. The zero-order valence-corrected chi connectivity index (χ0v) is 71.1. The van der Waals surface area contributed by atoms with Crippen molar-refractivity contribution in [2.75, 3.05) is 18.4 Å². The first-order valence-electron chi connectivity index (χ1n) is 40.8. The summed E-state index contributed by atoms with van der Waals surface area (Å²) in [5.74, 6) is -16.0. The molecule has 0 spiro atoms. The van der Waals surface area contributed by atoms with Gasteiger partial charge < -0.3 is 121 Å². The average Bonchev–Trinajstić information content (AvgIpc) is 1.08. The summed E-state index contributed by atoms with van der Waals surface area (Å²) in [6, 6.07) is 15.3. The van der Waals surface area contributed by atoms with Crippen LogP contribution in [0.2, 0.25) is 0 Å². The Morgan fingerprint density at radius 2 is 0.961 bits per heavy atom. The number of rotatable bonds is 46. The molecular formula is C87H105N17O22S. The van der Waals surface area contributed by atoms with E-state index in [1.165, 1.54) is 105 Å². The molecule has 1 aliphatic heterocycles. The van der Waals surface area contributed by atoms with Gasteiger partial charge in [-0.3, -0.25) is 67.7 Å². The van der Waals surface area contributed by atoms with E-state index in [0.29, 0.717) is 44.1 Å². The van der Waals surface area contributed by atoms with Crippen molar-refractivity contribution in [3.8, 4) is 39.7 Å². The van der Waals surface area contributed by atoms with Crippen LogP contribution in [0.4, 0.5) is 5.69 Å². The molecule has 11 amide bonds. The Kier molecular flexibility index (Phi) is 35.5. The molecule has 127 heavy (non-hydrogen) atoms. The third-order valence-corrected chi connectivity index (χ3v) is 20.5. The number of anilines is 1. The molecule has 676 valence electrons. The van der Waals surface area contributed by atoms with Crippen LogP contribution in [0, 0.1) is 17.2 Å². The number of nitrogens with one attached hydrogen (secondary N) is 15. The average molecular weight is 1770 g/mol. The van der Waals surface area contributed by atoms with Gasteiger partial charge in [-0.15, -0.1) is 0 Å². The van der Waals surface area contributed by atoms with Crippen molar-refractivity contribution in [3.05, 3.63) is 166 Å².